The minimum absolute atomic E-state index is 0.716. The van der Waals surface area contributed by atoms with Gasteiger partial charge in [0, 0.05) is 0 Å². The molecule has 4 heteroatoms. The summed E-state index contributed by atoms with van der Waals surface area (Å²) in [5, 5.41) is 3.99. The predicted octanol–water partition coefficient (Wildman–Crippen LogP) is 0.620. The first kappa shape index (κ1) is 6.15. The van der Waals surface area contributed by atoms with E-state index >= 15 is 0 Å². The minimum atomic E-state index is 0.716. The van der Waals surface area contributed by atoms with Gasteiger partial charge in [-0.1, -0.05) is 0 Å². The van der Waals surface area contributed by atoms with Crippen LogP contribution >= 0.6 is 0 Å². The highest BCUT2D eigenvalue weighted by atomic mass is 15.2. The highest BCUT2D eigenvalue weighted by molar-refractivity contribution is 5.59. The molecule has 2 rings (SSSR count). The Labute approximate surface area is 63.7 Å². The highest BCUT2D eigenvalue weighted by Gasteiger charge is 1.99. The lowest BCUT2D eigenvalue weighted by molar-refractivity contribution is 0.888. The third kappa shape index (κ3) is 0.832. The Hall–Kier alpha value is -1.58. The zero-order chi connectivity index (χ0) is 7.84. The Balaban J connectivity index is 2.90. The normalized spacial score (nSPS) is 10.6. The van der Waals surface area contributed by atoms with Crippen molar-refractivity contribution in [2.24, 2.45) is 0 Å². The van der Waals surface area contributed by atoms with Crippen molar-refractivity contribution in [1.82, 2.24) is 14.6 Å². The third-order valence-electron chi connectivity index (χ3n) is 1.62. The van der Waals surface area contributed by atoms with Crippen molar-refractivity contribution in [3.8, 4) is 0 Å². The molecule has 0 aliphatic heterocycles. The Morgan fingerprint density at radius 2 is 2.36 bits per heavy atom. The first-order chi connectivity index (χ1) is 5.27. The summed E-state index contributed by atoms with van der Waals surface area (Å²) in [6.07, 6.45) is 3.28. The monoisotopic (exact) mass is 148 g/mol. The molecule has 0 atom stereocenters. The minimum Gasteiger partial charge on any atom is -0.397 e. The summed E-state index contributed by atoms with van der Waals surface area (Å²) in [5.74, 6) is 0. The van der Waals surface area contributed by atoms with Crippen molar-refractivity contribution >= 4 is 11.2 Å². The van der Waals surface area contributed by atoms with E-state index in [9.17, 15) is 0 Å². The van der Waals surface area contributed by atoms with Crippen molar-refractivity contribution < 1.29 is 0 Å². The number of hydrogen-bond acceptors (Lipinski definition) is 3. The summed E-state index contributed by atoms with van der Waals surface area (Å²) < 4.78 is 1.72. The van der Waals surface area contributed by atoms with E-state index in [2.05, 4.69) is 10.1 Å². The summed E-state index contributed by atoms with van der Waals surface area (Å²) >= 11 is 0. The molecule has 0 saturated carbocycles. The molecule has 2 heterocycles. The van der Waals surface area contributed by atoms with Crippen LogP contribution in [-0.2, 0) is 0 Å². The van der Waals surface area contributed by atoms with Gasteiger partial charge >= 0.3 is 0 Å². The second-order valence-electron chi connectivity index (χ2n) is 2.45. The molecule has 0 aliphatic carbocycles. The average molecular weight is 148 g/mol. The molecule has 0 spiro atoms. The van der Waals surface area contributed by atoms with Crippen LogP contribution in [0, 0.1) is 6.92 Å². The van der Waals surface area contributed by atoms with Gasteiger partial charge in [0.1, 0.15) is 6.33 Å². The molecule has 4 nitrogen and oxygen atoms in total. The van der Waals surface area contributed by atoms with Gasteiger partial charge in [0.05, 0.1) is 23.1 Å². The van der Waals surface area contributed by atoms with Gasteiger partial charge in [-0.2, -0.15) is 5.10 Å². The Morgan fingerprint density at radius 3 is 3.09 bits per heavy atom. The van der Waals surface area contributed by atoms with Crippen molar-refractivity contribution in [2.45, 2.75) is 6.92 Å². The number of nitrogens with two attached hydrogens (primary N) is 1. The van der Waals surface area contributed by atoms with Crippen LogP contribution in [0.25, 0.3) is 5.52 Å². The number of aromatic nitrogens is 3. The van der Waals surface area contributed by atoms with Crippen LogP contribution in [0.3, 0.4) is 0 Å². The fraction of sp³-hybridized carbons (Fsp3) is 0.143. The van der Waals surface area contributed by atoms with Crippen LogP contribution in [0.4, 0.5) is 5.69 Å². The number of anilines is 1. The maximum atomic E-state index is 5.57. The molecule has 56 valence electrons. The standard InChI is InChI=1S/C7H8N4/c1-5-7-2-6(8)3-11(7)10-4-9-5/h2-4H,8H2,1H3. The Kier molecular flexibility index (Phi) is 1.09. The summed E-state index contributed by atoms with van der Waals surface area (Å²) in [6, 6.07) is 1.86. The van der Waals surface area contributed by atoms with Crippen LogP contribution in [0.1, 0.15) is 5.69 Å². The number of aryl methyl sites for hydroxylation is 1. The quantitative estimate of drug-likeness (QED) is 0.595. The van der Waals surface area contributed by atoms with E-state index in [0.717, 1.165) is 11.2 Å². The van der Waals surface area contributed by atoms with E-state index in [1.165, 1.54) is 6.33 Å². The molecule has 2 aromatic heterocycles. The molecule has 2 N–H and O–H groups in total. The van der Waals surface area contributed by atoms with Crippen LogP contribution < -0.4 is 5.73 Å². The van der Waals surface area contributed by atoms with Gasteiger partial charge in [0.15, 0.2) is 0 Å². The first-order valence-electron chi connectivity index (χ1n) is 3.33. The van der Waals surface area contributed by atoms with Gasteiger partial charge < -0.3 is 5.73 Å². The van der Waals surface area contributed by atoms with Crippen LogP contribution in [0.2, 0.25) is 0 Å². The molecule has 0 unspecified atom stereocenters. The van der Waals surface area contributed by atoms with E-state index < -0.39 is 0 Å². The molecule has 0 radical (unpaired) electrons. The second kappa shape index (κ2) is 1.95. The van der Waals surface area contributed by atoms with Gasteiger partial charge in [-0.15, -0.1) is 0 Å². The molecule has 2 aromatic rings. The predicted molar refractivity (Wildman–Crippen MR) is 42.1 cm³/mol. The molecule has 0 amide bonds. The highest BCUT2D eigenvalue weighted by Crippen LogP contribution is 2.11. The van der Waals surface area contributed by atoms with Crippen LogP contribution in [0.5, 0.6) is 0 Å². The lowest BCUT2D eigenvalue weighted by Gasteiger charge is -1.93. The van der Waals surface area contributed by atoms with Gasteiger partial charge in [-0.25, -0.2) is 9.50 Å². The molecule has 0 bridgehead atoms. The lowest BCUT2D eigenvalue weighted by Crippen LogP contribution is -1.92. The Morgan fingerprint density at radius 1 is 1.55 bits per heavy atom. The lowest BCUT2D eigenvalue weighted by atomic mass is 10.4. The number of fused-ring (bicyclic) bond motifs is 1. The van der Waals surface area contributed by atoms with Crippen molar-refractivity contribution in [3.05, 3.63) is 24.3 Å². The fourth-order valence-electron chi connectivity index (χ4n) is 1.07. The number of hydrogen-bond donors (Lipinski definition) is 1. The Bertz CT molecular complexity index is 390. The van der Waals surface area contributed by atoms with Crippen molar-refractivity contribution in [1.29, 1.82) is 0 Å². The van der Waals surface area contributed by atoms with E-state index in [1.54, 1.807) is 10.7 Å². The van der Waals surface area contributed by atoms with Crippen LogP contribution in [0.15, 0.2) is 18.6 Å². The van der Waals surface area contributed by atoms with Crippen molar-refractivity contribution in [3.63, 3.8) is 0 Å². The van der Waals surface area contributed by atoms with E-state index in [1.807, 2.05) is 13.0 Å². The molecule has 0 aromatic carbocycles. The van der Waals surface area contributed by atoms with E-state index in [-0.39, 0.29) is 0 Å². The van der Waals surface area contributed by atoms with Crippen molar-refractivity contribution in [2.75, 3.05) is 5.73 Å². The number of nitrogen functional groups attached to an aromatic ring is 1. The van der Waals surface area contributed by atoms with Gasteiger partial charge in [0.2, 0.25) is 0 Å². The summed E-state index contributed by atoms with van der Waals surface area (Å²) in [7, 11) is 0. The summed E-state index contributed by atoms with van der Waals surface area (Å²) in [6.45, 7) is 1.93. The summed E-state index contributed by atoms with van der Waals surface area (Å²) in [4.78, 5) is 4.03. The summed E-state index contributed by atoms with van der Waals surface area (Å²) in [5.41, 5.74) is 8.19. The molecular weight excluding hydrogens is 140 g/mol. The number of nitrogens with zero attached hydrogens (tertiary/aromatic N) is 3. The maximum absolute atomic E-state index is 5.57. The topological polar surface area (TPSA) is 56.2 Å². The fourth-order valence-corrected chi connectivity index (χ4v) is 1.07. The molecular formula is C7H8N4. The van der Waals surface area contributed by atoms with Gasteiger partial charge in [0.25, 0.3) is 0 Å². The first-order valence-corrected chi connectivity index (χ1v) is 3.33. The molecule has 0 saturated heterocycles. The molecule has 0 aliphatic rings. The van der Waals surface area contributed by atoms with Gasteiger partial charge in [-0.3, -0.25) is 0 Å². The zero-order valence-electron chi connectivity index (χ0n) is 6.15. The third-order valence-corrected chi connectivity index (χ3v) is 1.62. The largest absolute Gasteiger partial charge is 0.397 e. The second-order valence-corrected chi connectivity index (χ2v) is 2.45. The van der Waals surface area contributed by atoms with Gasteiger partial charge in [-0.05, 0) is 13.0 Å². The maximum Gasteiger partial charge on any atom is 0.136 e. The molecule has 11 heavy (non-hydrogen) atoms. The zero-order valence-corrected chi connectivity index (χ0v) is 6.15. The van der Waals surface area contributed by atoms with Crippen LogP contribution in [-0.4, -0.2) is 14.6 Å². The number of rotatable bonds is 0. The van der Waals surface area contributed by atoms with E-state index in [4.69, 9.17) is 5.73 Å². The SMILES string of the molecule is Cc1ncnn2cc(N)cc12. The smallest absolute Gasteiger partial charge is 0.136 e. The molecule has 0 fully saturated rings. The average Bonchev–Trinajstić information content (AvgIpc) is 2.31. The van der Waals surface area contributed by atoms with E-state index in [0.29, 0.717) is 5.69 Å².